The molecule has 0 aliphatic carbocycles. The van der Waals surface area contributed by atoms with Crippen molar-refractivity contribution in [3.63, 3.8) is 0 Å². The Hall–Kier alpha value is -0.276. The molecule has 27 heavy (non-hydrogen) atoms. The first kappa shape index (κ1) is 23.0. The van der Waals surface area contributed by atoms with Gasteiger partial charge in [0.05, 0.1) is 7.11 Å². The topological polar surface area (TPSA) is 32.7 Å². The summed E-state index contributed by atoms with van der Waals surface area (Å²) in [7, 11) is 11.9. The Morgan fingerprint density at radius 3 is 2.44 bits per heavy atom. The van der Waals surface area contributed by atoms with Gasteiger partial charge in [-0.2, -0.15) is 0 Å². The molecule has 146 valence electrons. The van der Waals surface area contributed by atoms with Gasteiger partial charge >= 0.3 is 35.6 Å². The molecule has 0 radical (unpaired) electrons. The third-order valence-electron chi connectivity index (χ3n) is 4.58. The molecule has 1 heterocycles. The van der Waals surface area contributed by atoms with E-state index in [2.05, 4.69) is 30.0 Å². The fraction of sp³-hybridized carbons (Fsp3) is 0.400. The standard InChI is InChI=1S/C20H26NO2P.2ClH.Ti/c1-15-6-9-19(16(12-15)14-21-10-4-3-5-11-21)24-20-13-17(23-2)7-8-18(20)22;;;/h6-9,12-13,22,24H,3-5,10-11,14H2,1-2H3;2*1H;/q;;;+2/p-2. The van der Waals surface area contributed by atoms with E-state index in [1.54, 1.807) is 19.2 Å². The first-order valence-corrected chi connectivity index (χ1v) is 14.3. The van der Waals surface area contributed by atoms with E-state index in [9.17, 15) is 5.11 Å². The zero-order valence-electron chi connectivity index (χ0n) is 15.8. The molecule has 1 unspecified atom stereocenters. The van der Waals surface area contributed by atoms with Crippen molar-refractivity contribution in [3.8, 4) is 11.5 Å². The molecule has 1 aliphatic heterocycles. The van der Waals surface area contributed by atoms with Crippen molar-refractivity contribution in [3.05, 3.63) is 47.5 Å². The number of halogens is 2. The van der Waals surface area contributed by atoms with Gasteiger partial charge in [0, 0.05) is 11.8 Å². The summed E-state index contributed by atoms with van der Waals surface area (Å²) in [5.74, 6) is 1.14. The molecular formula is C20H26Cl2NO2PTi. The van der Waals surface area contributed by atoms with Gasteiger partial charge in [0.2, 0.25) is 0 Å². The summed E-state index contributed by atoms with van der Waals surface area (Å²) in [4.78, 5) is 2.55. The van der Waals surface area contributed by atoms with Crippen molar-refractivity contribution in [2.45, 2.75) is 32.7 Å². The van der Waals surface area contributed by atoms with Crippen LogP contribution in [0.2, 0.25) is 0 Å². The number of phenols is 1. The molecule has 0 amide bonds. The maximum atomic E-state index is 10.2. The second kappa shape index (κ2) is 12.3. The molecule has 2 aromatic rings. The van der Waals surface area contributed by atoms with Gasteiger partial charge in [0.1, 0.15) is 11.5 Å². The van der Waals surface area contributed by atoms with Gasteiger partial charge in [-0.3, -0.25) is 4.90 Å². The van der Waals surface area contributed by atoms with Gasteiger partial charge in [0.15, 0.2) is 0 Å². The van der Waals surface area contributed by atoms with E-state index in [-0.39, 0.29) is 0 Å². The fourth-order valence-corrected chi connectivity index (χ4v) is 4.42. The van der Waals surface area contributed by atoms with Crippen LogP contribution in [0.15, 0.2) is 36.4 Å². The number of aromatic hydroxyl groups is 1. The minimum absolute atomic E-state index is 0.346. The number of phenolic OH excluding ortho intramolecular Hbond substituents is 1. The number of aryl methyl sites for hydroxylation is 1. The number of likely N-dealkylation sites (tertiary alicyclic amines) is 1. The molecule has 1 saturated heterocycles. The van der Waals surface area contributed by atoms with Crippen LogP contribution in [0.3, 0.4) is 0 Å². The molecule has 2 aromatic carbocycles. The summed E-state index contributed by atoms with van der Waals surface area (Å²) in [6.45, 7) is 5.55. The van der Waals surface area contributed by atoms with Gasteiger partial charge in [-0.05, 0) is 61.9 Å². The molecule has 0 aromatic heterocycles. The fourth-order valence-electron chi connectivity index (χ4n) is 3.22. The number of piperidine rings is 1. The van der Waals surface area contributed by atoms with Crippen LogP contribution in [0.25, 0.3) is 0 Å². The van der Waals surface area contributed by atoms with Gasteiger partial charge in [0.25, 0.3) is 0 Å². The normalized spacial score (nSPS) is 14.7. The SMILES string of the molecule is COc1ccc(O)c(Pc2ccc(C)cc2CN2CCCCC2)c1.[Cl][Ti][Cl]. The molecular weight excluding hydrogens is 436 g/mol. The van der Waals surface area contributed by atoms with Crippen molar-refractivity contribution >= 4 is 37.8 Å². The summed E-state index contributed by atoms with van der Waals surface area (Å²) in [6.07, 6.45) is 3.97. The molecule has 3 nitrogen and oxygen atoms in total. The van der Waals surface area contributed by atoms with Crippen LogP contribution in [0, 0.1) is 6.92 Å². The summed E-state index contributed by atoms with van der Waals surface area (Å²) in [5.41, 5.74) is 2.68. The third-order valence-corrected chi connectivity index (χ3v) is 6.00. The number of methoxy groups -OCH3 is 1. The average molecular weight is 462 g/mol. The van der Waals surface area contributed by atoms with Crippen LogP contribution in [0.4, 0.5) is 0 Å². The molecule has 1 aliphatic rings. The number of benzene rings is 2. The Morgan fingerprint density at radius 2 is 1.78 bits per heavy atom. The van der Waals surface area contributed by atoms with Crippen molar-refractivity contribution in [2.75, 3.05) is 20.2 Å². The Labute approximate surface area is 180 Å². The molecule has 1 fully saturated rings. The molecule has 0 spiro atoms. The van der Waals surface area contributed by atoms with Crippen molar-refractivity contribution in [1.29, 1.82) is 0 Å². The van der Waals surface area contributed by atoms with Gasteiger partial charge in [-0.25, -0.2) is 0 Å². The third kappa shape index (κ3) is 7.57. The van der Waals surface area contributed by atoms with Gasteiger partial charge < -0.3 is 9.84 Å². The molecule has 3 rings (SSSR count). The van der Waals surface area contributed by atoms with E-state index in [4.69, 9.17) is 23.3 Å². The molecule has 7 heteroatoms. The summed E-state index contributed by atoms with van der Waals surface area (Å²) < 4.78 is 5.30. The summed E-state index contributed by atoms with van der Waals surface area (Å²) in [5, 5.41) is 12.5. The zero-order valence-corrected chi connectivity index (χ0v) is 19.8. The van der Waals surface area contributed by atoms with Crippen molar-refractivity contribution in [1.82, 2.24) is 4.90 Å². The van der Waals surface area contributed by atoms with Crippen molar-refractivity contribution < 1.29 is 26.9 Å². The van der Waals surface area contributed by atoms with Crippen LogP contribution in [0.5, 0.6) is 11.5 Å². The van der Waals surface area contributed by atoms with Crippen LogP contribution < -0.4 is 15.3 Å². The zero-order chi connectivity index (χ0) is 19.6. The Kier molecular flexibility index (Phi) is 10.5. The first-order valence-electron chi connectivity index (χ1n) is 8.99. The van der Waals surface area contributed by atoms with Crippen LogP contribution >= 0.6 is 27.2 Å². The van der Waals surface area contributed by atoms with E-state index >= 15 is 0 Å². The van der Waals surface area contributed by atoms with E-state index in [1.807, 2.05) is 6.07 Å². The minimum atomic E-state index is -0.556. The van der Waals surface area contributed by atoms with E-state index in [1.165, 1.54) is 48.8 Å². The first-order chi connectivity index (χ1) is 13.1. The summed E-state index contributed by atoms with van der Waals surface area (Å²) >= 11 is -0.556. The number of hydrogen-bond donors (Lipinski definition) is 1. The Bertz CT molecular complexity index is 727. The molecule has 1 atom stereocenters. The predicted octanol–water partition coefficient (Wildman–Crippen LogP) is 4.70. The van der Waals surface area contributed by atoms with Crippen LogP contribution in [-0.4, -0.2) is 30.2 Å². The second-order valence-electron chi connectivity index (χ2n) is 6.58. The van der Waals surface area contributed by atoms with Crippen LogP contribution in [-0.2, 0) is 23.6 Å². The van der Waals surface area contributed by atoms with Crippen LogP contribution in [0.1, 0.15) is 30.4 Å². The number of nitrogens with zero attached hydrogens (tertiary/aromatic N) is 1. The Balaban J connectivity index is 0.000000817. The quantitative estimate of drug-likeness (QED) is 0.517. The number of rotatable bonds is 5. The molecule has 0 bridgehead atoms. The second-order valence-corrected chi connectivity index (χ2v) is 10.5. The molecule has 0 saturated carbocycles. The van der Waals surface area contributed by atoms with Crippen molar-refractivity contribution in [2.24, 2.45) is 0 Å². The maximum absolute atomic E-state index is 10.2. The van der Waals surface area contributed by atoms with E-state index in [0.717, 1.165) is 17.6 Å². The summed E-state index contributed by atoms with van der Waals surface area (Å²) in [6, 6.07) is 12.1. The average Bonchev–Trinajstić information content (AvgIpc) is 2.67. The number of hydrogen-bond acceptors (Lipinski definition) is 3. The van der Waals surface area contributed by atoms with Gasteiger partial charge in [-0.15, -0.1) is 0 Å². The number of ether oxygens (including phenoxy) is 1. The van der Waals surface area contributed by atoms with Gasteiger partial charge in [-0.1, -0.05) is 38.8 Å². The predicted molar refractivity (Wildman–Crippen MR) is 114 cm³/mol. The van der Waals surface area contributed by atoms with E-state index in [0.29, 0.717) is 14.3 Å². The Morgan fingerprint density at radius 1 is 1.07 bits per heavy atom. The molecule has 1 N–H and O–H groups in total. The monoisotopic (exact) mass is 461 g/mol. The van der Waals surface area contributed by atoms with E-state index < -0.39 is 17.0 Å².